The van der Waals surface area contributed by atoms with Crippen LogP contribution in [0.5, 0.6) is 0 Å². The summed E-state index contributed by atoms with van der Waals surface area (Å²) >= 11 is 5.99. The van der Waals surface area contributed by atoms with Crippen molar-refractivity contribution in [2.45, 2.75) is 24.6 Å². The van der Waals surface area contributed by atoms with Crippen molar-refractivity contribution in [3.63, 3.8) is 0 Å². The van der Waals surface area contributed by atoms with Gasteiger partial charge in [0.2, 0.25) is 0 Å². The second kappa shape index (κ2) is 8.03. The van der Waals surface area contributed by atoms with Gasteiger partial charge in [0, 0.05) is 44.3 Å². The van der Waals surface area contributed by atoms with Crippen LogP contribution >= 0.6 is 11.6 Å². The number of fused-ring (bicyclic) bond motifs is 1. The predicted molar refractivity (Wildman–Crippen MR) is 108 cm³/mol. The summed E-state index contributed by atoms with van der Waals surface area (Å²) in [6.07, 6.45) is 4.20. The summed E-state index contributed by atoms with van der Waals surface area (Å²) in [4.78, 5) is 24.6. The number of hydrogen-bond acceptors (Lipinski definition) is 6. The molecule has 0 spiro atoms. The number of anilines is 1. The molecule has 1 aromatic heterocycles. The van der Waals surface area contributed by atoms with E-state index in [1.54, 1.807) is 20.3 Å². The lowest BCUT2D eigenvalue weighted by Gasteiger charge is -2.35. The Hall–Kier alpha value is -2.22. The van der Waals surface area contributed by atoms with E-state index in [0.29, 0.717) is 24.2 Å². The van der Waals surface area contributed by atoms with E-state index < -0.39 is 0 Å². The van der Waals surface area contributed by atoms with Crippen molar-refractivity contribution in [3.05, 3.63) is 52.9 Å². The van der Waals surface area contributed by atoms with Crippen LogP contribution in [0.1, 0.15) is 28.6 Å². The zero-order valence-electron chi connectivity index (χ0n) is 16.0. The molecule has 3 atom stereocenters. The molecule has 0 bridgehead atoms. The number of rotatable bonds is 4. The molecule has 8 heteroatoms. The van der Waals surface area contributed by atoms with Crippen LogP contribution in [0.3, 0.4) is 0 Å². The number of nitrogens with one attached hydrogen (secondary N) is 1. The zero-order chi connectivity index (χ0) is 19.7. The molecule has 3 heterocycles. The minimum absolute atomic E-state index is 0.0631. The fourth-order valence-corrected chi connectivity index (χ4v) is 3.96. The lowest BCUT2D eigenvalue weighted by Crippen LogP contribution is -2.42. The molecule has 28 heavy (non-hydrogen) atoms. The highest BCUT2D eigenvalue weighted by Crippen LogP contribution is 2.31. The third kappa shape index (κ3) is 4.11. The Labute approximate surface area is 169 Å². The predicted octanol–water partition coefficient (Wildman–Crippen LogP) is 2.46. The van der Waals surface area contributed by atoms with Gasteiger partial charge < -0.3 is 15.0 Å². The van der Waals surface area contributed by atoms with Crippen molar-refractivity contribution >= 4 is 23.3 Å². The third-order valence-electron chi connectivity index (χ3n) is 5.27. The maximum atomic E-state index is 12.1. The Morgan fingerprint density at radius 1 is 1.25 bits per heavy atom. The van der Waals surface area contributed by atoms with Gasteiger partial charge in [0.05, 0.1) is 25.1 Å². The van der Waals surface area contributed by atoms with Crippen LogP contribution in [0, 0.1) is 0 Å². The van der Waals surface area contributed by atoms with Crippen LogP contribution < -0.4 is 5.32 Å². The molecule has 1 amide bonds. The average Bonchev–Trinajstić information content (AvgIpc) is 3.09. The molecule has 2 aliphatic heterocycles. The first-order valence-corrected chi connectivity index (χ1v) is 9.79. The van der Waals surface area contributed by atoms with Crippen molar-refractivity contribution in [3.8, 4) is 0 Å². The lowest BCUT2D eigenvalue weighted by atomic mass is 10.1. The van der Waals surface area contributed by atoms with E-state index in [2.05, 4.69) is 20.2 Å². The highest BCUT2D eigenvalue weighted by Gasteiger charge is 2.37. The molecule has 0 saturated carbocycles. The van der Waals surface area contributed by atoms with Crippen LogP contribution in [-0.2, 0) is 4.74 Å². The first-order chi connectivity index (χ1) is 13.5. The maximum absolute atomic E-state index is 12.1. The van der Waals surface area contributed by atoms with Crippen LogP contribution in [-0.4, -0.2) is 71.6 Å². The summed E-state index contributed by atoms with van der Waals surface area (Å²) in [5.41, 5.74) is 1.50. The number of nitrogens with zero attached hydrogens (tertiary/aromatic N) is 4. The summed E-state index contributed by atoms with van der Waals surface area (Å²) in [6.45, 7) is 2.47. The zero-order valence-corrected chi connectivity index (χ0v) is 16.8. The minimum Gasteiger partial charge on any atom is -0.371 e. The number of amides is 1. The van der Waals surface area contributed by atoms with Gasteiger partial charge >= 0.3 is 0 Å². The van der Waals surface area contributed by atoms with Crippen molar-refractivity contribution < 1.29 is 9.53 Å². The van der Waals surface area contributed by atoms with Gasteiger partial charge in [-0.1, -0.05) is 23.7 Å². The van der Waals surface area contributed by atoms with Crippen LogP contribution in [0.2, 0.25) is 5.02 Å². The summed E-state index contributed by atoms with van der Waals surface area (Å²) in [6, 6.07) is 8.50. The Morgan fingerprint density at radius 3 is 2.79 bits per heavy atom. The molecule has 0 radical (unpaired) electrons. The molecular formula is C20H24ClN5O2. The molecular weight excluding hydrogens is 378 g/mol. The number of carbonyl (C=O) groups excluding carboxylic acids is 1. The van der Waals surface area contributed by atoms with Crippen LogP contribution in [0.25, 0.3) is 0 Å². The molecule has 7 nitrogen and oxygen atoms in total. The minimum atomic E-state index is -0.154. The average molecular weight is 402 g/mol. The van der Waals surface area contributed by atoms with Gasteiger partial charge in [-0.25, -0.2) is 4.98 Å². The number of aromatic nitrogens is 2. The standard InChI is InChI=1S/C20H24ClN5O2/c1-25(2)20(27)17-8-22-9-19(24-17)23-15-7-16-12-28-18(11-26(16)10-15)13-3-5-14(21)6-4-13/h3-6,8-9,15-16,18H,7,10-12H2,1-2H3,(H,23,24)/t15-,16+,18-/m1/s1. The Morgan fingerprint density at radius 2 is 2.04 bits per heavy atom. The largest absolute Gasteiger partial charge is 0.371 e. The van der Waals surface area contributed by atoms with E-state index in [9.17, 15) is 4.79 Å². The van der Waals surface area contributed by atoms with E-state index in [1.807, 2.05) is 24.3 Å². The molecule has 0 unspecified atom stereocenters. The molecule has 4 rings (SSSR count). The van der Waals surface area contributed by atoms with Crippen LogP contribution in [0.15, 0.2) is 36.7 Å². The van der Waals surface area contributed by atoms with Gasteiger partial charge in [-0.15, -0.1) is 0 Å². The molecule has 2 saturated heterocycles. The van der Waals surface area contributed by atoms with Gasteiger partial charge in [-0.05, 0) is 24.1 Å². The molecule has 2 aliphatic rings. The fraction of sp³-hybridized carbons (Fsp3) is 0.450. The van der Waals surface area contributed by atoms with Crippen molar-refractivity contribution in [1.29, 1.82) is 0 Å². The summed E-state index contributed by atoms with van der Waals surface area (Å²) in [5.74, 6) is 0.479. The monoisotopic (exact) mass is 401 g/mol. The summed E-state index contributed by atoms with van der Waals surface area (Å²) in [5, 5.41) is 4.17. The number of hydrogen-bond donors (Lipinski definition) is 1. The van der Waals surface area contributed by atoms with Crippen molar-refractivity contribution in [2.75, 3.05) is 39.1 Å². The van der Waals surface area contributed by atoms with Crippen molar-refractivity contribution in [1.82, 2.24) is 19.8 Å². The molecule has 2 fully saturated rings. The summed E-state index contributed by atoms with van der Waals surface area (Å²) in [7, 11) is 3.41. The van der Waals surface area contributed by atoms with Crippen LogP contribution in [0.4, 0.5) is 5.82 Å². The lowest BCUT2D eigenvalue weighted by molar-refractivity contribution is -0.0501. The topological polar surface area (TPSA) is 70.6 Å². The van der Waals surface area contributed by atoms with E-state index in [1.165, 1.54) is 11.1 Å². The van der Waals surface area contributed by atoms with Gasteiger partial charge in [0.1, 0.15) is 11.5 Å². The normalized spacial score (nSPS) is 24.6. The molecule has 2 aromatic rings. The first kappa shape index (κ1) is 19.1. The molecule has 1 aromatic carbocycles. The third-order valence-corrected chi connectivity index (χ3v) is 5.52. The van der Waals surface area contributed by atoms with E-state index in [-0.39, 0.29) is 18.1 Å². The molecule has 0 aliphatic carbocycles. The van der Waals surface area contributed by atoms with Crippen molar-refractivity contribution in [2.24, 2.45) is 0 Å². The number of carbonyl (C=O) groups is 1. The molecule has 148 valence electrons. The molecule has 1 N–H and O–H groups in total. The second-order valence-corrected chi connectivity index (χ2v) is 7.98. The highest BCUT2D eigenvalue weighted by molar-refractivity contribution is 6.30. The summed E-state index contributed by atoms with van der Waals surface area (Å²) < 4.78 is 6.10. The number of morpholine rings is 1. The smallest absolute Gasteiger partial charge is 0.273 e. The Bertz CT molecular complexity index is 845. The SMILES string of the molecule is CN(C)C(=O)c1cncc(N[C@@H]2C[C@H]3CO[C@@H](c4ccc(Cl)cc4)CN3C2)n1. The quantitative estimate of drug-likeness (QED) is 0.848. The van der Waals surface area contributed by atoms with Gasteiger partial charge in [-0.3, -0.25) is 14.7 Å². The first-order valence-electron chi connectivity index (χ1n) is 9.41. The Balaban J connectivity index is 1.39. The number of ether oxygens (including phenoxy) is 1. The van der Waals surface area contributed by atoms with E-state index in [4.69, 9.17) is 16.3 Å². The second-order valence-electron chi connectivity index (χ2n) is 7.55. The maximum Gasteiger partial charge on any atom is 0.273 e. The van der Waals surface area contributed by atoms with E-state index >= 15 is 0 Å². The number of benzene rings is 1. The van der Waals surface area contributed by atoms with Gasteiger partial charge in [0.15, 0.2) is 0 Å². The highest BCUT2D eigenvalue weighted by atomic mass is 35.5. The van der Waals surface area contributed by atoms with Gasteiger partial charge in [0.25, 0.3) is 5.91 Å². The van der Waals surface area contributed by atoms with E-state index in [0.717, 1.165) is 30.1 Å². The van der Waals surface area contributed by atoms with Gasteiger partial charge in [-0.2, -0.15) is 0 Å². The fourth-order valence-electron chi connectivity index (χ4n) is 3.83. The Kier molecular flexibility index (Phi) is 5.48. The number of halogens is 1.